The van der Waals surface area contributed by atoms with Crippen molar-refractivity contribution in [1.29, 1.82) is 0 Å². The molecule has 1 aliphatic rings. The summed E-state index contributed by atoms with van der Waals surface area (Å²) in [5, 5.41) is 0.748. The standard InChI is InChI=1S/C17H26ClNO/c1-17(2)8-6-12(7-9-17)15(19)11-13-10-14(18)4-5-16(13)20-3/h4-5,10,12,15H,6-9,11,19H2,1-3H3. The van der Waals surface area contributed by atoms with E-state index in [1.807, 2.05) is 18.2 Å². The quantitative estimate of drug-likeness (QED) is 0.891. The first-order chi connectivity index (χ1) is 9.41. The zero-order valence-electron chi connectivity index (χ0n) is 12.8. The number of hydrogen-bond donors (Lipinski definition) is 1. The number of benzene rings is 1. The van der Waals surface area contributed by atoms with E-state index in [1.165, 1.54) is 25.7 Å². The molecule has 1 fully saturated rings. The van der Waals surface area contributed by atoms with Gasteiger partial charge in [-0.3, -0.25) is 0 Å². The molecule has 2 nitrogen and oxygen atoms in total. The Labute approximate surface area is 127 Å². The summed E-state index contributed by atoms with van der Waals surface area (Å²) in [6, 6.07) is 5.96. The fraction of sp³-hybridized carbons (Fsp3) is 0.647. The molecule has 1 aromatic carbocycles. The first-order valence-electron chi connectivity index (χ1n) is 7.49. The second-order valence-corrected chi connectivity index (χ2v) is 7.26. The molecule has 0 radical (unpaired) electrons. The Morgan fingerprint density at radius 3 is 2.60 bits per heavy atom. The zero-order valence-corrected chi connectivity index (χ0v) is 13.5. The van der Waals surface area contributed by atoms with Crippen molar-refractivity contribution in [1.82, 2.24) is 0 Å². The molecule has 0 heterocycles. The minimum atomic E-state index is 0.193. The molecule has 2 N–H and O–H groups in total. The summed E-state index contributed by atoms with van der Waals surface area (Å²) in [7, 11) is 1.70. The van der Waals surface area contributed by atoms with Gasteiger partial charge in [-0.05, 0) is 67.2 Å². The maximum Gasteiger partial charge on any atom is 0.122 e. The lowest BCUT2D eigenvalue weighted by Crippen LogP contribution is -2.36. The summed E-state index contributed by atoms with van der Waals surface area (Å²) in [6.07, 6.45) is 5.86. The summed E-state index contributed by atoms with van der Waals surface area (Å²) in [5.74, 6) is 1.51. The van der Waals surface area contributed by atoms with E-state index in [9.17, 15) is 0 Å². The molecule has 0 spiro atoms. The summed E-state index contributed by atoms with van der Waals surface area (Å²) in [5.41, 5.74) is 8.06. The van der Waals surface area contributed by atoms with Crippen LogP contribution in [-0.2, 0) is 6.42 Å². The van der Waals surface area contributed by atoms with Crippen molar-refractivity contribution in [2.24, 2.45) is 17.1 Å². The van der Waals surface area contributed by atoms with Gasteiger partial charge in [0.05, 0.1) is 7.11 Å². The maximum absolute atomic E-state index is 6.44. The summed E-state index contributed by atoms with van der Waals surface area (Å²) in [4.78, 5) is 0. The first kappa shape index (κ1) is 15.7. The summed E-state index contributed by atoms with van der Waals surface area (Å²) >= 11 is 6.08. The molecule has 3 heteroatoms. The Bertz CT molecular complexity index is 448. The number of ether oxygens (including phenoxy) is 1. The molecule has 1 aromatic rings. The van der Waals surface area contributed by atoms with Crippen LogP contribution < -0.4 is 10.5 Å². The lowest BCUT2D eigenvalue weighted by molar-refractivity contribution is 0.172. The molecular formula is C17H26ClNO. The fourth-order valence-corrected chi connectivity index (χ4v) is 3.37. The highest BCUT2D eigenvalue weighted by Crippen LogP contribution is 2.39. The van der Waals surface area contributed by atoms with Gasteiger partial charge >= 0.3 is 0 Å². The van der Waals surface area contributed by atoms with Crippen LogP contribution in [0.3, 0.4) is 0 Å². The SMILES string of the molecule is COc1ccc(Cl)cc1CC(N)C1CCC(C)(C)CC1. The van der Waals surface area contributed by atoms with Crippen molar-refractivity contribution in [2.45, 2.75) is 52.0 Å². The van der Waals surface area contributed by atoms with Crippen molar-refractivity contribution < 1.29 is 4.74 Å². The van der Waals surface area contributed by atoms with Crippen molar-refractivity contribution in [2.75, 3.05) is 7.11 Å². The third-order valence-corrected chi connectivity index (χ3v) is 4.92. The van der Waals surface area contributed by atoms with E-state index in [4.69, 9.17) is 22.1 Å². The van der Waals surface area contributed by atoms with Gasteiger partial charge in [0.1, 0.15) is 5.75 Å². The lowest BCUT2D eigenvalue weighted by atomic mass is 9.70. The molecular weight excluding hydrogens is 270 g/mol. The van der Waals surface area contributed by atoms with Crippen LogP contribution in [0.15, 0.2) is 18.2 Å². The number of hydrogen-bond acceptors (Lipinski definition) is 2. The van der Waals surface area contributed by atoms with Crippen LogP contribution >= 0.6 is 11.6 Å². The molecule has 112 valence electrons. The van der Waals surface area contributed by atoms with Crippen LogP contribution in [0.1, 0.15) is 45.1 Å². The Kier molecular flexibility index (Phi) is 4.98. The van der Waals surface area contributed by atoms with Gasteiger partial charge in [0, 0.05) is 11.1 Å². The zero-order chi connectivity index (χ0) is 14.8. The van der Waals surface area contributed by atoms with Crippen LogP contribution in [0.2, 0.25) is 5.02 Å². The third kappa shape index (κ3) is 3.89. The molecule has 2 rings (SSSR count). The average molecular weight is 296 g/mol. The van der Waals surface area contributed by atoms with E-state index in [1.54, 1.807) is 7.11 Å². The predicted octanol–water partition coefficient (Wildman–Crippen LogP) is 4.43. The Morgan fingerprint density at radius 2 is 2.00 bits per heavy atom. The van der Waals surface area contributed by atoms with Crippen LogP contribution in [-0.4, -0.2) is 13.2 Å². The number of halogens is 1. The minimum Gasteiger partial charge on any atom is -0.496 e. The molecule has 1 saturated carbocycles. The van der Waals surface area contributed by atoms with Gasteiger partial charge in [-0.25, -0.2) is 0 Å². The third-order valence-electron chi connectivity index (χ3n) is 4.69. The normalized spacial score (nSPS) is 20.6. The van der Waals surface area contributed by atoms with Gasteiger partial charge in [0.15, 0.2) is 0 Å². The number of nitrogens with two attached hydrogens (primary N) is 1. The number of rotatable bonds is 4. The van der Waals surface area contributed by atoms with Gasteiger partial charge < -0.3 is 10.5 Å². The average Bonchev–Trinajstić information content (AvgIpc) is 2.38. The predicted molar refractivity (Wildman–Crippen MR) is 85.4 cm³/mol. The molecule has 1 aliphatic carbocycles. The fourth-order valence-electron chi connectivity index (χ4n) is 3.18. The molecule has 1 atom stereocenters. The summed E-state index contributed by atoms with van der Waals surface area (Å²) in [6.45, 7) is 4.71. The minimum absolute atomic E-state index is 0.193. The van der Waals surface area contributed by atoms with Crippen molar-refractivity contribution in [3.63, 3.8) is 0 Å². The van der Waals surface area contributed by atoms with Gasteiger partial charge in [0.2, 0.25) is 0 Å². The largest absolute Gasteiger partial charge is 0.496 e. The van der Waals surface area contributed by atoms with E-state index in [0.29, 0.717) is 11.3 Å². The molecule has 0 bridgehead atoms. The van der Waals surface area contributed by atoms with E-state index in [-0.39, 0.29) is 6.04 Å². The lowest BCUT2D eigenvalue weighted by Gasteiger charge is -2.37. The molecule has 0 amide bonds. The van der Waals surface area contributed by atoms with Crippen LogP contribution in [0.25, 0.3) is 0 Å². The smallest absolute Gasteiger partial charge is 0.122 e. The molecule has 0 aromatic heterocycles. The maximum atomic E-state index is 6.44. The topological polar surface area (TPSA) is 35.2 Å². The van der Waals surface area contributed by atoms with Gasteiger partial charge in [0.25, 0.3) is 0 Å². The van der Waals surface area contributed by atoms with Crippen LogP contribution in [0, 0.1) is 11.3 Å². The van der Waals surface area contributed by atoms with E-state index < -0.39 is 0 Å². The number of methoxy groups -OCH3 is 1. The van der Waals surface area contributed by atoms with Crippen molar-refractivity contribution in [3.8, 4) is 5.75 Å². The monoisotopic (exact) mass is 295 g/mol. The highest BCUT2D eigenvalue weighted by Gasteiger charge is 2.30. The highest BCUT2D eigenvalue weighted by molar-refractivity contribution is 6.30. The highest BCUT2D eigenvalue weighted by atomic mass is 35.5. The van der Waals surface area contributed by atoms with Gasteiger partial charge in [-0.15, -0.1) is 0 Å². The van der Waals surface area contributed by atoms with Gasteiger partial charge in [-0.2, -0.15) is 0 Å². The van der Waals surface area contributed by atoms with E-state index in [2.05, 4.69) is 13.8 Å². The van der Waals surface area contributed by atoms with Crippen molar-refractivity contribution >= 4 is 11.6 Å². The van der Waals surface area contributed by atoms with Gasteiger partial charge in [-0.1, -0.05) is 25.4 Å². The molecule has 1 unspecified atom stereocenters. The Hall–Kier alpha value is -0.730. The van der Waals surface area contributed by atoms with E-state index in [0.717, 1.165) is 22.8 Å². The van der Waals surface area contributed by atoms with Crippen LogP contribution in [0.5, 0.6) is 5.75 Å². The second-order valence-electron chi connectivity index (χ2n) is 6.83. The van der Waals surface area contributed by atoms with E-state index >= 15 is 0 Å². The molecule has 0 aliphatic heterocycles. The Balaban J connectivity index is 2.01. The first-order valence-corrected chi connectivity index (χ1v) is 7.87. The Morgan fingerprint density at radius 1 is 1.35 bits per heavy atom. The second kappa shape index (κ2) is 6.36. The molecule has 20 heavy (non-hydrogen) atoms. The summed E-state index contributed by atoms with van der Waals surface area (Å²) < 4.78 is 5.41. The van der Waals surface area contributed by atoms with Crippen LogP contribution in [0.4, 0.5) is 0 Å². The van der Waals surface area contributed by atoms with Crippen molar-refractivity contribution in [3.05, 3.63) is 28.8 Å². The molecule has 0 saturated heterocycles.